The molecule has 1 amide bonds. The van der Waals surface area contributed by atoms with Crippen molar-refractivity contribution < 1.29 is 9.53 Å². The Balaban J connectivity index is 1.41. The molecule has 3 heterocycles. The van der Waals surface area contributed by atoms with Crippen molar-refractivity contribution in [2.24, 2.45) is 5.92 Å². The first-order valence-corrected chi connectivity index (χ1v) is 10.4. The summed E-state index contributed by atoms with van der Waals surface area (Å²) < 4.78 is 5.49. The molecule has 2 saturated heterocycles. The summed E-state index contributed by atoms with van der Waals surface area (Å²) in [6.07, 6.45) is 3.83. The molecule has 0 saturated carbocycles. The Morgan fingerprint density at radius 3 is 2.41 bits per heavy atom. The minimum absolute atomic E-state index is 0.0215. The normalized spacial score (nSPS) is 18.1. The maximum Gasteiger partial charge on any atom is 0.272 e. The Kier molecular flexibility index (Phi) is 5.83. The molecule has 4 rings (SSSR count). The highest BCUT2D eigenvalue weighted by molar-refractivity contribution is 5.92. The maximum absolute atomic E-state index is 12.8. The van der Waals surface area contributed by atoms with Crippen LogP contribution in [0.1, 0.15) is 30.3 Å². The number of rotatable bonds is 4. The summed E-state index contributed by atoms with van der Waals surface area (Å²) in [5.41, 5.74) is 1.61. The molecule has 154 valence electrons. The minimum Gasteiger partial charge on any atom is -0.495 e. The highest BCUT2D eigenvalue weighted by atomic mass is 16.5. The maximum atomic E-state index is 12.8. The summed E-state index contributed by atoms with van der Waals surface area (Å²) in [7, 11) is 1.70. The summed E-state index contributed by atoms with van der Waals surface area (Å²) >= 11 is 0. The van der Waals surface area contributed by atoms with Crippen molar-refractivity contribution in [3.05, 3.63) is 42.2 Å². The molecule has 7 heteroatoms. The van der Waals surface area contributed by atoms with Gasteiger partial charge >= 0.3 is 0 Å². The van der Waals surface area contributed by atoms with Gasteiger partial charge in [-0.15, -0.1) is 0 Å². The van der Waals surface area contributed by atoms with Gasteiger partial charge in [0.2, 0.25) is 5.95 Å². The number of hydrogen-bond acceptors (Lipinski definition) is 6. The third-order valence-electron chi connectivity index (χ3n) is 5.92. The lowest BCUT2D eigenvalue weighted by Gasteiger charge is -2.36. The van der Waals surface area contributed by atoms with E-state index in [4.69, 9.17) is 4.74 Å². The van der Waals surface area contributed by atoms with Gasteiger partial charge in [-0.1, -0.05) is 19.1 Å². The first-order valence-electron chi connectivity index (χ1n) is 10.4. The fourth-order valence-corrected chi connectivity index (χ4v) is 4.03. The third kappa shape index (κ3) is 4.28. The molecule has 2 aromatic rings. The van der Waals surface area contributed by atoms with Crippen LogP contribution >= 0.6 is 0 Å². The second-order valence-corrected chi connectivity index (χ2v) is 7.86. The van der Waals surface area contributed by atoms with Crippen molar-refractivity contribution in [2.45, 2.75) is 19.8 Å². The Labute approximate surface area is 172 Å². The van der Waals surface area contributed by atoms with Crippen LogP contribution in [0.15, 0.2) is 36.5 Å². The van der Waals surface area contributed by atoms with Gasteiger partial charge < -0.3 is 19.4 Å². The van der Waals surface area contributed by atoms with E-state index in [1.54, 1.807) is 19.4 Å². The van der Waals surface area contributed by atoms with Crippen molar-refractivity contribution in [3.63, 3.8) is 0 Å². The molecule has 29 heavy (non-hydrogen) atoms. The number of carbonyl (C=O) groups excluding carboxylic acids is 1. The van der Waals surface area contributed by atoms with E-state index in [1.807, 2.05) is 23.1 Å². The summed E-state index contributed by atoms with van der Waals surface area (Å²) in [6.45, 7) is 7.19. The smallest absolute Gasteiger partial charge is 0.272 e. The average molecular weight is 396 g/mol. The predicted octanol–water partition coefficient (Wildman–Crippen LogP) is 2.68. The second-order valence-electron chi connectivity index (χ2n) is 7.86. The molecular weight excluding hydrogens is 366 g/mol. The molecule has 1 aromatic carbocycles. The number of carbonyl (C=O) groups is 1. The van der Waals surface area contributed by atoms with E-state index >= 15 is 0 Å². The second kappa shape index (κ2) is 8.68. The number of benzene rings is 1. The van der Waals surface area contributed by atoms with Crippen LogP contribution in [0, 0.1) is 5.92 Å². The fourth-order valence-electron chi connectivity index (χ4n) is 4.03. The Hall–Kier alpha value is -2.83. The van der Waals surface area contributed by atoms with Gasteiger partial charge in [0.25, 0.3) is 5.91 Å². The predicted molar refractivity (Wildman–Crippen MR) is 114 cm³/mol. The molecule has 0 N–H and O–H groups in total. The van der Waals surface area contributed by atoms with E-state index in [2.05, 4.69) is 32.8 Å². The van der Waals surface area contributed by atoms with Crippen LogP contribution in [0.25, 0.3) is 0 Å². The van der Waals surface area contributed by atoms with Crippen LogP contribution in [-0.4, -0.2) is 67.2 Å². The number of methoxy groups -OCH3 is 1. The van der Waals surface area contributed by atoms with Gasteiger partial charge in [0.15, 0.2) is 0 Å². The van der Waals surface area contributed by atoms with Crippen LogP contribution in [-0.2, 0) is 0 Å². The van der Waals surface area contributed by atoms with E-state index in [0.29, 0.717) is 17.6 Å². The first-order chi connectivity index (χ1) is 14.2. The SMILES string of the molecule is COc1ccccc1N1CCN(c2nccc(C(=O)N3CCC(C)CC3)n2)CC1. The number of hydrogen-bond donors (Lipinski definition) is 0. The van der Waals surface area contributed by atoms with Crippen LogP contribution in [0.3, 0.4) is 0 Å². The minimum atomic E-state index is 0.0215. The molecule has 0 atom stereocenters. The molecule has 1 aromatic heterocycles. The van der Waals surface area contributed by atoms with Crippen LogP contribution < -0.4 is 14.5 Å². The third-order valence-corrected chi connectivity index (χ3v) is 5.92. The van der Waals surface area contributed by atoms with Crippen molar-refractivity contribution in [3.8, 4) is 5.75 Å². The summed E-state index contributed by atoms with van der Waals surface area (Å²) in [6, 6.07) is 9.82. The van der Waals surface area contributed by atoms with Crippen LogP contribution in [0.5, 0.6) is 5.75 Å². The number of anilines is 2. The van der Waals surface area contributed by atoms with E-state index in [9.17, 15) is 4.79 Å². The summed E-state index contributed by atoms with van der Waals surface area (Å²) in [4.78, 5) is 28.3. The molecule has 2 aliphatic heterocycles. The molecule has 2 fully saturated rings. The monoisotopic (exact) mass is 395 g/mol. The first kappa shape index (κ1) is 19.5. The van der Waals surface area contributed by atoms with E-state index in [0.717, 1.165) is 63.5 Å². The number of amides is 1. The Bertz CT molecular complexity index is 843. The van der Waals surface area contributed by atoms with Gasteiger partial charge in [-0.3, -0.25) is 4.79 Å². The number of piperazine rings is 1. The van der Waals surface area contributed by atoms with E-state index < -0.39 is 0 Å². The molecule has 0 radical (unpaired) electrons. The lowest BCUT2D eigenvalue weighted by atomic mass is 9.99. The van der Waals surface area contributed by atoms with Crippen molar-refractivity contribution in [2.75, 3.05) is 56.2 Å². The van der Waals surface area contributed by atoms with Crippen LogP contribution in [0.4, 0.5) is 11.6 Å². The van der Waals surface area contributed by atoms with Gasteiger partial charge in [0.05, 0.1) is 12.8 Å². The summed E-state index contributed by atoms with van der Waals surface area (Å²) in [5, 5.41) is 0. The topological polar surface area (TPSA) is 61.8 Å². The van der Waals surface area contributed by atoms with Crippen molar-refractivity contribution in [1.29, 1.82) is 0 Å². The molecule has 7 nitrogen and oxygen atoms in total. The lowest BCUT2D eigenvalue weighted by molar-refractivity contribution is 0.0691. The number of piperidine rings is 1. The zero-order valence-corrected chi connectivity index (χ0v) is 17.3. The van der Waals surface area contributed by atoms with E-state index in [-0.39, 0.29) is 5.91 Å². The molecular formula is C22H29N5O2. The largest absolute Gasteiger partial charge is 0.495 e. The van der Waals surface area contributed by atoms with Crippen molar-refractivity contribution >= 4 is 17.5 Å². The number of aromatic nitrogens is 2. The molecule has 0 bridgehead atoms. The lowest BCUT2D eigenvalue weighted by Crippen LogP contribution is -2.47. The Morgan fingerprint density at radius 1 is 1.00 bits per heavy atom. The highest BCUT2D eigenvalue weighted by Gasteiger charge is 2.25. The zero-order valence-electron chi connectivity index (χ0n) is 17.3. The highest BCUT2D eigenvalue weighted by Crippen LogP contribution is 2.28. The van der Waals surface area contributed by atoms with E-state index in [1.165, 1.54) is 0 Å². The number of para-hydroxylation sites is 2. The molecule has 0 unspecified atom stereocenters. The quantitative estimate of drug-likeness (QED) is 0.793. The number of nitrogens with zero attached hydrogens (tertiary/aromatic N) is 5. The number of ether oxygens (including phenoxy) is 1. The fraction of sp³-hybridized carbons (Fsp3) is 0.500. The Morgan fingerprint density at radius 2 is 1.69 bits per heavy atom. The standard InChI is InChI=1S/C22H29N5O2/c1-17-8-11-26(12-9-17)21(28)18-7-10-23-22(24-18)27-15-13-25(14-16-27)19-5-3-4-6-20(19)29-2/h3-7,10,17H,8-9,11-16H2,1-2H3. The van der Waals surface area contributed by atoms with Gasteiger partial charge in [-0.25, -0.2) is 9.97 Å². The molecule has 0 aliphatic carbocycles. The van der Waals surface area contributed by atoms with Gasteiger partial charge in [0, 0.05) is 45.5 Å². The van der Waals surface area contributed by atoms with Gasteiger partial charge in [0.1, 0.15) is 11.4 Å². The number of likely N-dealkylation sites (tertiary alicyclic amines) is 1. The molecule has 0 spiro atoms. The zero-order chi connectivity index (χ0) is 20.2. The molecule has 2 aliphatic rings. The van der Waals surface area contributed by atoms with Gasteiger partial charge in [-0.2, -0.15) is 0 Å². The summed E-state index contributed by atoms with van der Waals surface area (Å²) in [5.74, 6) is 2.24. The van der Waals surface area contributed by atoms with Gasteiger partial charge in [-0.05, 0) is 37.0 Å². The van der Waals surface area contributed by atoms with Crippen molar-refractivity contribution in [1.82, 2.24) is 14.9 Å². The van der Waals surface area contributed by atoms with Crippen LogP contribution in [0.2, 0.25) is 0 Å². The average Bonchev–Trinajstić information content (AvgIpc) is 2.79.